The van der Waals surface area contributed by atoms with Crippen molar-refractivity contribution in [3.8, 4) is 0 Å². The van der Waals surface area contributed by atoms with E-state index in [2.05, 4.69) is 45.7 Å². The van der Waals surface area contributed by atoms with Gasteiger partial charge in [0.05, 0.1) is 8.07 Å². The zero-order valence-corrected chi connectivity index (χ0v) is 11.5. The molecular weight excluding hydrogens is 180 g/mol. The second kappa shape index (κ2) is 4.07. The molecule has 0 aromatic heterocycles. The lowest BCUT2D eigenvalue weighted by molar-refractivity contribution is 0.282. The van der Waals surface area contributed by atoms with Gasteiger partial charge in [-0.1, -0.05) is 20.0 Å². The second-order valence-electron chi connectivity index (χ2n) is 4.84. The van der Waals surface area contributed by atoms with Crippen molar-refractivity contribution >= 4 is 16.4 Å². The van der Waals surface area contributed by atoms with Crippen molar-refractivity contribution in [3.05, 3.63) is 6.04 Å². The summed E-state index contributed by atoms with van der Waals surface area (Å²) in [6.45, 7) is 15.6. The smallest absolute Gasteiger partial charge is 0.183 e. The lowest BCUT2D eigenvalue weighted by Crippen LogP contribution is -2.46. The normalized spacial score (nSPS) is 16.2. The summed E-state index contributed by atoms with van der Waals surface area (Å²) in [6.07, 6.45) is 0. The van der Waals surface area contributed by atoms with Crippen molar-refractivity contribution in [2.45, 2.75) is 52.3 Å². The molecule has 1 nitrogen and oxygen atoms in total. The molecule has 2 radical (unpaired) electrons. The molecule has 0 bridgehead atoms. The first kappa shape index (κ1) is 12.4. The minimum atomic E-state index is -1.35. The Morgan fingerprint density at radius 2 is 1.50 bits per heavy atom. The summed E-state index contributed by atoms with van der Waals surface area (Å²) in [6, 6.07) is 3.40. The molecule has 0 spiro atoms. The maximum atomic E-state index is 6.03. The molecule has 72 valence electrons. The SMILES string of the molecule is C[C][Si](C)(C)C(C)O[Si](C)(C)C. The summed E-state index contributed by atoms with van der Waals surface area (Å²) in [4.78, 5) is 0. The summed E-state index contributed by atoms with van der Waals surface area (Å²) < 4.78 is 6.03. The lowest BCUT2D eigenvalue weighted by Gasteiger charge is -2.33. The Morgan fingerprint density at radius 1 is 1.08 bits per heavy atom. The minimum Gasteiger partial charge on any atom is -0.418 e. The molecule has 0 N–H and O–H groups in total. The quantitative estimate of drug-likeness (QED) is 0.637. The highest BCUT2D eigenvalue weighted by Gasteiger charge is 2.31. The van der Waals surface area contributed by atoms with Gasteiger partial charge in [0.1, 0.15) is 0 Å². The Morgan fingerprint density at radius 3 is 1.75 bits per heavy atom. The van der Waals surface area contributed by atoms with Crippen LogP contribution in [-0.2, 0) is 4.43 Å². The standard InChI is InChI=1S/C9H22OSi2/c1-8-12(6,7)9(2)10-11(3,4)5/h9H,1-7H3. The molecule has 0 aliphatic rings. The summed E-state index contributed by atoms with van der Waals surface area (Å²) in [7, 11) is -2.68. The van der Waals surface area contributed by atoms with Crippen LogP contribution in [0.1, 0.15) is 13.8 Å². The van der Waals surface area contributed by atoms with Gasteiger partial charge in [0, 0.05) is 5.73 Å². The predicted octanol–water partition coefficient (Wildman–Crippen LogP) is 3.11. The van der Waals surface area contributed by atoms with Crippen LogP contribution in [0.4, 0.5) is 0 Å². The molecule has 0 amide bonds. The largest absolute Gasteiger partial charge is 0.418 e. The maximum Gasteiger partial charge on any atom is 0.183 e. The van der Waals surface area contributed by atoms with Crippen molar-refractivity contribution in [1.82, 2.24) is 0 Å². The van der Waals surface area contributed by atoms with Crippen LogP contribution in [0.2, 0.25) is 32.7 Å². The molecule has 1 atom stereocenters. The third-order valence-electron chi connectivity index (χ3n) is 2.19. The van der Waals surface area contributed by atoms with Crippen LogP contribution in [0, 0.1) is 6.04 Å². The van der Waals surface area contributed by atoms with Crippen LogP contribution in [-0.4, -0.2) is 22.1 Å². The van der Waals surface area contributed by atoms with Crippen molar-refractivity contribution in [3.63, 3.8) is 0 Å². The fourth-order valence-corrected chi connectivity index (χ4v) is 4.59. The molecule has 0 aliphatic heterocycles. The van der Waals surface area contributed by atoms with Crippen LogP contribution in [0.3, 0.4) is 0 Å². The van der Waals surface area contributed by atoms with Crippen LogP contribution < -0.4 is 0 Å². The Kier molecular flexibility index (Phi) is 4.20. The number of rotatable bonds is 4. The molecule has 0 saturated heterocycles. The molecule has 0 aromatic carbocycles. The van der Waals surface area contributed by atoms with Gasteiger partial charge in [-0.05, 0) is 32.6 Å². The van der Waals surface area contributed by atoms with Crippen molar-refractivity contribution in [2.75, 3.05) is 0 Å². The van der Waals surface area contributed by atoms with Crippen molar-refractivity contribution in [2.24, 2.45) is 0 Å². The highest BCUT2D eigenvalue weighted by atomic mass is 28.4. The van der Waals surface area contributed by atoms with E-state index >= 15 is 0 Å². The van der Waals surface area contributed by atoms with E-state index in [1.807, 2.05) is 6.92 Å². The average molecular weight is 202 g/mol. The van der Waals surface area contributed by atoms with Crippen molar-refractivity contribution < 1.29 is 4.43 Å². The molecule has 3 heteroatoms. The topological polar surface area (TPSA) is 9.23 Å². The average Bonchev–Trinajstić information content (AvgIpc) is 1.84. The Bertz CT molecular complexity index is 138. The summed E-state index contributed by atoms with van der Waals surface area (Å²) in [5.41, 5.74) is 0.411. The van der Waals surface area contributed by atoms with Crippen LogP contribution >= 0.6 is 0 Å². The monoisotopic (exact) mass is 202 g/mol. The van der Waals surface area contributed by atoms with Gasteiger partial charge in [-0.25, -0.2) is 0 Å². The van der Waals surface area contributed by atoms with Crippen molar-refractivity contribution in [1.29, 1.82) is 0 Å². The fourth-order valence-electron chi connectivity index (χ4n) is 0.881. The van der Waals surface area contributed by atoms with Crippen LogP contribution in [0.5, 0.6) is 0 Å². The fraction of sp³-hybridized carbons (Fsp3) is 0.889. The van der Waals surface area contributed by atoms with Gasteiger partial charge in [0.15, 0.2) is 8.32 Å². The molecule has 0 saturated carbocycles. The minimum absolute atomic E-state index is 0.411. The molecule has 12 heavy (non-hydrogen) atoms. The summed E-state index contributed by atoms with van der Waals surface area (Å²) >= 11 is 0. The van der Waals surface area contributed by atoms with Gasteiger partial charge in [-0.3, -0.25) is 0 Å². The maximum absolute atomic E-state index is 6.03. The second-order valence-corrected chi connectivity index (χ2v) is 14.1. The predicted molar refractivity (Wildman–Crippen MR) is 60.3 cm³/mol. The first-order valence-corrected chi connectivity index (χ1v) is 11.0. The Hall–Kier alpha value is 0.394. The summed E-state index contributed by atoms with van der Waals surface area (Å²) in [5.74, 6) is 0. The van der Waals surface area contributed by atoms with Crippen LogP contribution in [0.15, 0.2) is 0 Å². The lowest BCUT2D eigenvalue weighted by atomic mass is 10.9. The third kappa shape index (κ3) is 4.43. The molecule has 0 aromatic rings. The van der Waals surface area contributed by atoms with Crippen LogP contribution in [0.25, 0.3) is 0 Å². The zero-order chi connectivity index (χ0) is 9.99. The van der Waals surface area contributed by atoms with E-state index in [-0.39, 0.29) is 0 Å². The van der Waals surface area contributed by atoms with Gasteiger partial charge in [-0.2, -0.15) is 0 Å². The van der Waals surface area contributed by atoms with E-state index < -0.39 is 16.4 Å². The van der Waals surface area contributed by atoms with Gasteiger partial charge in [0.2, 0.25) is 0 Å². The van der Waals surface area contributed by atoms with E-state index in [1.165, 1.54) is 0 Å². The number of hydrogen-bond donors (Lipinski definition) is 0. The first-order chi connectivity index (χ1) is 5.19. The van der Waals surface area contributed by atoms with E-state index in [0.29, 0.717) is 5.73 Å². The highest BCUT2D eigenvalue weighted by Crippen LogP contribution is 2.18. The number of hydrogen-bond acceptors (Lipinski definition) is 1. The van der Waals surface area contributed by atoms with E-state index in [0.717, 1.165) is 0 Å². The van der Waals surface area contributed by atoms with Gasteiger partial charge < -0.3 is 4.43 Å². The van der Waals surface area contributed by atoms with Gasteiger partial charge >= 0.3 is 0 Å². The molecule has 0 fully saturated rings. The highest BCUT2D eigenvalue weighted by molar-refractivity contribution is 6.83. The van der Waals surface area contributed by atoms with Gasteiger partial charge in [-0.15, -0.1) is 0 Å². The Balaban J connectivity index is 4.13. The first-order valence-electron chi connectivity index (χ1n) is 4.56. The third-order valence-corrected chi connectivity index (χ3v) is 6.93. The molecule has 0 heterocycles. The zero-order valence-electron chi connectivity index (χ0n) is 9.49. The Labute approximate surface area is 79.7 Å². The summed E-state index contributed by atoms with van der Waals surface area (Å²) in [5, 5.41) is 0. The van der Waals surface area contributed by atoms with E-state index in [1.54, 1.807) is 0 Å². The molecule has 0 aliphatic carbocycles. The van der Waals surface area contributed by atoms with E-state index in [4.69, 9.17) is 4.43 Å². The molecule has 1 unspecified atom stereocenters. The van der Waals surface area contributed by atoms with Gasteiger partial charge in [0.25, 0.3) is 0 Å². The molecular formula is C9H22OSi2. The molecule has 0 rings (SSSR count). The van der Waals surface area contributed by atoms with E-state index in [9.17, 15) is 0 Å².